The molecule has 2 aliphatic carbocycles. The first-order valence-corrected chi connectivity index (χ1v) is 12.4. The number of fused-ring (bicyclic) bond motifs is 9. The van der Waals surface area contributed by atoms with E-state index >= 15 is 0 Å². The summed E-state index contributed by atoms with van der Waals surface area (Å²) in [6.45, 7) is 2.06. The number of rotatable bonds is 4. The van der Waals surface area contributed by atoms with Crippen LogP contribution in [-0.4, -0.2) is 39.4 Å². The van der Waals surface area contributed by atoms with E-state index in [1.807, 2.05) is 31.2 Å². The number of benzene rings is 1. The maximum absolute atomic E-state index is 13.2. The number of carbonyl (C=O) groups is 3. The van der Waals surface area contributed by atoms with Crippen molar-refractivity contribution in [2.45, 2.75) is 30.0 Å². The molecule has 2 aliphatic heterocycles. The number of aromatic nitrogens is 1. The molecular weight excluding hydrogens is 446 g/mol. The van der Waals surface area contributed by atoms with Gasteiger partial charge in [0.2, 0.25) is 17.7 Å². The van der Waals surface area contributed by atoms with Gasteiger partial charge in [0.25, 0.3) is 0 Å². The number of imide groups is 1. The molecule has 1 aromatic carbocycles. The largest absolute Gasteiger partial charge is 0.326 e. The Bertz CT molecular complexity index is 1260. The first-order valence-electron chi connectivity index (χ1n) is 10.7. The lowest BCUT2D eigenvalue weighted by molar-refractivity contribution is -0.140. The number of nitrogens with zero attached hydrogens (tertiary/aromatic N) is 1. The zero-order chi connectivity index (χ0) is 22.1. The second-order valence-electron chi connectivity index (χ2n) is 8.94. The van der Waals surface area contributed by atoms with Gasteiger partial charge in [-0.3, -0.25) is 24.1 Å². The monoisotopic (exact) mass is 467 g/mol. The first kappa shape index (κ1) is 20.0. The van der Waals surface area contributed by atoms with Crippen LogP contribution in [0.4, 0.5) is 5.69 Å². The fourth-order valence-corrected chi connectivity index (χ4v) is 8.30. The average Bonchev–Trinajstić information content (AvgIpc) is 3.46. The summed E-state index contributed by atoms with van der Waals surface area (Å²) in [6, 6.07) is 7.52. The van der Waals surface area contributed by atoms with Gasteiger partial charge in [0.15, 0.2) is 0 Å². The van der Waals surface area contributed by atoms with Gasteiger partial charge in [-0.25, -0.2) is 0 Å². The molecule has 32 heavy (non-hydrogen) atoms. The molecule has 0 radical (unpaired) electrons. The van der Waals surface area contributed by atoms with Crippen LogP contribution < -0.4 is 10.2 Å². The Morgan fingerprint density at radius 1 is 1.22 bits per heavy atom. The molecule has 2 bridgehead atoms. The number of H-pyrrole nitrogens is 1. The zero-order valence-electron chi connectivity index (χ0n) is 17.3. The lowest BCUT2D eigenvalue weighted by atomic mass is 9.77. The van der Waals surface area contributed by atoms with Crippen molar-refractivity contribution >= 4 is 52.6 Å². The van der Waals surface area contributed by atoms with Gasteiger partial charge < -0.3 is 10.3 Å². The Hall–Kier alpha value is -2.65. The fraction of sp³-hybridized carbons (Fsp3) is 0.391. The number of aryl methyl sites for hydroxylation is 1. The minimum Gasteiger partial charge on any atom is -0.326 e. The quantitative estimate of drug-likeness (QED) is 0.674. The number of aromatic amines is 1. The van der Waals surface area contributed by atoms with Gasteiger partial charge in [-0.15, -0.1) is 0 Å². The zero-order valence-corrected chi connectivity index (χ0v) is 18.9. The van der Waals surface area contributed by atoms with Crippen molar-refractivity contribution in [3.05, 3.63) is 49.9 Å². The van der Waals surface area contributed by atoms with Crippen LogP contribution in [0.25, 0.3) is 6.08 Å². The molecule has 0 unspecified atom stereocenters. The highest BCUT2D eigenvalue weighted by atomic mass is 32.2. The summed E-state index contributed by atoms with van der Waals surface area (Å²) in [5.74, 6) is -0.984. The maximum Gasteiger partial charge on any atom is 0.305 e. The summed E-state index contributed by atoms with van der Waals surface area (Å²) in [5, 5.41) is 3.85. The van der Waals surface area contributed by atoms with E-state index in [1.54, 1.807) is 11.8 Å². The van der Waals surface area contributed by atoms with Crippen molar-refractivity contribution < 1.29 is 14.4 Å². The molecule has 2 saturated carbocycles. The van der Waals surface area contributed by atoms with E-state index in [1.165, 1.54) is 21.8 Å². The molecule has 9 heteroatoms. The van der Waals surface area contributed by atoms with Crippen molar-refractivity contribution in [3.63, 3.8) is 0 Å². The molecule has 7 nitrogen and oxygen atoms in total. The highest BCUT2D eigenvalue weighted by Crippen LogP contribution is 2.64. The molecule has 3 fully saturated rings. The number of thioether (sulfide) groups is 1. The van der Waals surface area contributed by atoms with Gasteiger partial charge in [-0.1, -0.05) is 40.8 Å². The van der Waals surface area contributed by atoms with Crippen LogP contribution in [0.1, 0.15) is 23.3 Å². The Morgan fingerprint density at radius 3 is 2.84 bits per heavy atom. The second-order valence-corrected chi connectivity index (χ2v) is 11.1. The summed E-state index contributed by atoms with van der Waals surface area (Å²) >= 11 is 2.82. The van der Waals surface area contributed by atoms with Crippen LogP contribution in [0.5, 0.6) is 0 Å². The van der Waals surface area contributed by atoms with Gasteiger partial charge in [0.1, 0.15) is 0 Å². The Labute approximate surface area is 192 Å². The molecule has 5 atom stereocenters. The summed E-state index contributed by atoms with van der Waals surface area (Å²) in [6.07, 6.45) is 2.99. The van der Waals surface area contributed by atoms with Crippen molar-refractivity contribution in [2.24, 2.45) is 23.7 Å². The van der Waals surface area contributed by atoms with Crippen molar-refractivity contribution in [3.8, 4) is 0 Å². The molecule has 0 spiro atoms. The van der Waals surface area contributed by atoms with Gasteiger partial charge in [0.05, 0.1) is 21.7 Å². The lowest BCUT2D eigenvalue weighted by Gasteiger charge is -2.32. The van der Waals surface area contributed by atoms with Crippen LogP contribution in [0.15, 0.2) is 39.7 Å². The number of amides is 3. The summed E-state index contributed by atoms with van der Waals surface area (Å²) in [7, 11) is 0. The number of thiazole rings is 1. The summed E-state index contributed by atoms with van der Waals surface area (Å²) < 4.78 is 0. The van der Waals surface area contributed by atoms with Crippen LogP contribution in [0.3, 0.4) is 0 Å². The number of likely N-dealkylation sites (tertiary alicyclic amines) is 1. The normalized spacial score (nSPS) is 29.6. The van der Waals surface area contributed by atoms with Gasteiger partial charge >= 0.3 is 4.87 Å². The van der Waals surface area contributed by atoms with E-state index in [0.717, 1.165) is 21.9 Å². The third-order valence-electron chi connectivity index (χ3n) is 7.10. The number of nitrogens with one attached hydrogen (secondary N) is 2. The Balaban J connectivity index is 1.17. The summed E-state index contributed by atoms with van der Waals surface area (Å²) in [5.41, 5.74) is 2.95. The number of carbonyl (C=O) groups excluding carboxylic acids is 3. The van der Waals surface area contributed by atoms with Crippen molar-refractivity contribution in [1.29, 1.82) is 0 Å². The van der Waals surface area contributed by atoms with E-state index in [9.17, 15) is 19.2 Å². The predicted molar refractivity (Wildman–Crippen MR) is 122 cm³/mol. The minimum atomic E-state index is -0.326. The molecule has 2 aromatic rings. The van der Waals surface area contributed by atoms with E-state index < -0.39 is 0 Å². The Kier molecular flexibility index (Phi) is 4.49. The molecule has 2 N–H and O–H groups in total. The van der Waals surface area contributed by atoms with E-state index in [-0.39, 0.29) is 64.5 Å². The SMILES string of the molecule is Cc1cccc(NC(=O)CCN2C(=O)[C@@H]3[C@H]4C[C@H](C5=Cc6sc(=O)[nH]c6S[C@H]54)[C@@H]3C2=O)c1. The Morgan fingerprint density at radius 2 is 2.03 bits per heavy atom. The first-order chi connectivity index (χ1) is 15.4. The highest BCUT2D eigenvalue weighted by Gasteiger charge is 2.66. The highest BCUT2D eigenvalue weighted by molar-refractivity contribution is 8.00. The summed E-state index contributed by atoms with van der Waals surface area (Å²) in [4.78, 5) is 55.6. The topological polar surface area (TPSA) is 99.3 Å². The maximum atomic E-state index is 13.2. The molecule has 1 aromatic heterocycles. The molecule has 3 heterocycles. The van der Waals surface area contributed by atoms with Crippen molar-refractivity contribution in [1.82, 2.24) is 9.88 Å². The molecule has 4 aliphatic rings. The number of hydrogen-bond acceptors (Lipinski definition) is 6. The van der Waals surface area contributed by atoms with E-state index in [2.05, 4.69) is 16.4 Å². The van der Waals surface area contributed by atoms with E-state index in [0.29, 0.717) is 5.69 Å². The van der Waals surface area contributed by atoms with Gasteiger partial charge in [-0.2, -0.15) is 0 Å². The standard InChI is InChI=1S/C23H21N3O4S2/c1-10-3-2-4-11(7-10)24-16(27)5-6-26-21(28)17-12-8-14(18(17)22(26)29)19-13(12)9-15-20(32-19)25-23(30)31-15/h2-4,7,9,12,14,17-19H,5-6,8H2,1H3,(H,24,27)(H,25,30)/t12-,14-,17+,18-,19-/m1/s1. The van der Waals surface area contributed by atoms with Gasteiger partial charge in [-0.05, 0) is 49.0 Å². The molecule has 1 saturated heterocycles. The third-order valence-corrected chi connectivity index (χ3v) is 9.50. The fourth-order valence-electron chi connectivity index (χ4n) is 5.86. The molecule has 6 rings (SSSR count). The van der Waals surface area contributed by atoms with E-state index in [4.69, 9.17) is 0 Å². The third kappa shape index (κ3) is 2.94. The second kappa shape index (κ2) is 7.18. The predicted octanol–water partition coefficient (Wildman–Crippen LogP) is 2.88. The van der Waals surface area contributed by atoms with Gasteiger partial charge in [0, 0.05) is 23.9 Å². The lowest BCUT2D eigenvalue weighted by Crippen LogP contribution is -2.35. The minimum absolute atomic E-state index is 0.0513. The molecule has 3 amide bonds. The van der Waals surface area contributed by atoms with Crippen LogP contribution in [-0.2, 0) is 14.4 Å². The molecular formula is C23H21N3O4S2. The number of anilines is 1. The average molecular weight is 468 g/mol. The smallest absolute Gasteiger partial charge is 0.305 e. The van der Waals surface area contributed by atoms with Crippen molar-refractivity contribution in [2.75, 3.05) is 11.9 Å². The van der Waals surface area contributed by atoms with Crippen LogP contribution >= 0.6 is 23.1 Å². The van der Waals surface area contributed by atoms with Crippen LogP contribution in [0.2, 0.25) is 0 Å². The molecule has 164 valence electrons. The van der Waals surface area contributed by atoms with Crippen LogP contribution in [0, 0.1) is 30.6 Å². The number of hydrogen-bond donors (Lipinski definition) is 2.